The molecule has 0 N–H and O–H groups in total. The normalized spacial score (nSPS) is 12.8. The number of nitrogens with zero attached hydrogens (tertiary/aromatic N) is 2. The molecule has 1 aliphatic heterocycles. The Bertz CT molecular complexity index is 881. The van der Waals surface area contributed by atoms with Gasteiger partial charge in [0.15, 0.2) is 5.75 Å². The minimum atomic E-state index is -0.480. The fraction of sp³-hybridized carbons (Fsp3) is 0.381. The Labute approximate surface area is 164 Å². The molecule has 0 fully saturated rings. The molecule has 2 aromatic rings. The number of aryl methyl sites for hydroxylation is 1. The average molecular weight is 384 g/mol. The summed E-state index contributed by atoms with van der Waals surface area (Å²) in [6.45, 7) is 5.01. The highest BCUT2D eigenvalue weighted by atomic mass is 16.6. The summed E-state index contributed by atoms with van der Waals surface area (Å²) in [5, 5.41) is 0. The van der Waals surface area contributed by atoms with E-state index in [0.717, 1.165) is 18.5 Å². The number of carbonyl (C=O) groups is 2. The van der Waals surface area contributed by atoms with Gasteiger partial charge in [0.1, 0.15) is 6.61 Å². The third kappa shape index (κ3) is 3.93. The van der Waals surface area contributed by atoms with Crippen molar-refractivity contribution in [1.82, 2.24) is 4.98 Å². The molecule has 0 unspecified atom stereocenters. The van der Waals surface area contributed by atoms with E-state index in [1.165, 1.54) is 13.3 Å². The van der Waals surface area contributed by atoms with Crippen LogP contribution in [0.4, 0.5) is 10.5 Å². The van der Waals surface area contributed by atoms with E-state index in [1.54, 1.807) is 4.90 Å². The Hall–Kier alpha value is -3.09. The van der Waals surface area contributed by atoms with Crippen LogP contribution in [0.2, 0.25) is 0 Å². The van der Waals surface area contributed by atoms with Crippen LogP contribution >= 0.6 is 0 Å². The van der Waals surface area contributed by atoms with Gasteiger partial charge < -0.3 is 14.2 Å². The lowest BCUT2D eigenvalue weighted by Crippen LogP contribution is -2.38. The van der Waals surface area contributed by atoms with Crippen LogP contribution in [0.5, 0.6) is 5.75 Å². The van der Waals surface area contributed by atoms with Crippen molar-refractivity contribution in [3.8, 4) is 16.9 Å². The monoisotopic (exact) mass is 384 g/mol. The fourth-order valence-corrected chi connectivity index (χ4v) is 3.09. The number of ether oxygens (including phenoxy) is 3. The lowest BCUT2D eigenvalue weighted by Gasteiger charge is -2.30. The largest absolute Gasteiger partial charge is 0.489 e. The topological polar surface area (TPSA) is 78.0 Å². The summed E-state index contributed by atoms with van der Waals surface area (Å²) in [6.07, 6.45) is 2.88. The number of rotatable bonds is 5. The summed E-state index contributed by atoms with van der Waals surface area (Å²) < 4.78 is 16.2. The van der Waals surface area contributed by atoms with Crippen molar-refractivity contribution in [2.45, 2.75) is 26.7 Å². The van der Waals surface area contributed by atoms with Crippen LogP contribution in [-0.4, -0.2) is 43.9 Å². The van der Waals surface area contributed by atoms with E-state index >= 15 is 0 Å². The molecule has 0 bridgehead atoms. The van der Waals surface area contributed by atoms with Crippen molar-refractivity contribution >= 4 is 17.7 Å². The summed E-state index contributed by atoms with van der Waals surface area (Å²) in [4.78, 5) is 30.5. The number of aromatic nitrogens is 1. The summed E-state index contributed by atoms with van der Waals surface area (Å²) in [7, 11) is 1.33. The predicted molar refractivity (Wildman–Crippen MR) is 105 cm³/mol. The van der Waals surface area contributed by atoms with Crippen LogP contribution in [0.3, 0.4) is 0 Å². The van der Waals surface area contributed by atoms with E-state index in [-0.39, 0.29) is 0 Å². The first kappa shape index (κ1) is 19.7. The van der Waals surface area contributed by atoms with Gasteiger partial charge in [-0.1, -0.05) is 25.5 Å². The Morgan fingerprint density at radius 3 is 2.86 bits per heavy atom. The molecule has 0 atom stereocenters. The molecule has 1 aromatic heterocycles. The Morgan fingerprint density at radius 2 is 2.11 bits per heavy atom. The minimum absolute atomic E-state index is 0.338. The number of esters is 1. The molecule has 1 amide bonds. The number of anilines is 1. The molecule has 0 radical (unpaired) electrons. The second-order valence-corrected chi connectivity index (χ2v) is 6.48. The van der Waals surface area contributed by atoms with E-state index in [2.05, 4.69) is 4.98 Å². The van der Waals surface area contributed by atoms with Gasteiger partial charge in [0.25, 0.3) is 0 Å². The van der Waals surface area contributed by atoms with Gasteiger partial charge in [-0.3, -0.25) is 9.88 Å². The van der Waals surface area contributed by atoms with Crippen LogP contribution in [0.15, 0.2) is 30.5 Å². The molecule has 28 heavy (non-hydrogen) atoms. The predicted octanol–water partition coefficient (Wildman–Crippen LogP) is 3.98. The number of methoxy groups -OCH3 is 1. The minimum Gasteiger partial charge on any atom is -0.489 e. The third-order valence-corrected chi connectivity index (χ3v) is 4.53. The zero-order chi connectivity index (χ0) is 20.1. The number of benzene rings is 1. The van der Waals surface area contributed by atoms with Crippen molar-refractivity contribution in [2.75, 3.05) is 31.8 Å². The van der Waals surface area contributed by atoms with Crippen molar-refractivity contribution < 1.29 is 23.8 Å². The SMILES string of the molecule is CCCCOC(=O)N1CCOc2c(-c3cc(C)ncc3C(=O)OC)cccc21. The molecule has 1 aromatic carbocycles. The number of pyridine rings is 1. The zero-order valence-corrected chi connectivity index (χ0v) is 16.4. The van der Waals surface area contributed by atoms with E-state index in [4.69, 9.17) is 14.2 Å². The zero-order valence-electron chi connectivity index (χ0n) is 16.4. The second-order valence-electron chi connectivity index (χ2n) is 6.48. The average Bonchev–Trinajstić information content (AvgIpc) is 2.72. The number of amides is 1. The molecule has 2 heterocycles. The highest BCUT2D eigenvalue weighted by molar-refractivity contribution is 6.00. The second kappa shape index (κ2) is 8.73. The Balaban J connectivity index is 2.03. The van der Waals surface area contributed by atoms with E-state index in [0.29, 0.717) is 47.9 Å². The van der Waals surface area contributed by atoms with Gasteiger partial charge in [-0.05, 0) is 25.5 Å². The highest BCUT2D eigenvalue weighted by Gasteiger charge is 2.28. The van der Waals surface area contributed by atoms with Gasteiger partial charge in [-0.2, -0.15) is 0 Å². The number of hydrogen-bond acceptors (Lipinski definition) is 6. The van der Waals surface area contributed by atoms with Crippen LogP contribution in [0.1, 0.15) is 35.8 Å². The van der Waals surface area contributed by atoms with Gasteiger partial charge in [0.2, 0.25) is 0 Å². The highest BCUT2D eigenvalue weighted by Crippen LogP contribution is 2.42. The molecule has 7 heteroatoms. The first-order valence-electron chi connectivity index (χ1n) is 9.32. The first-order valence-corrected chi connectivity index (χ1v) is 9.32. The lowest BCUT2D eigenvalue weighted by molar-refractivity contribution is 0.0601. The van der Waals surface area contributed by atoms with Gasteiger partial charge in [-0.15, -0.1) is 0 Å². The van der Waals surface area contributed by atoms with Gasteiger partial charge >= 0.3 is 12.1 Å². The maximum Gasteiger partial charge on any atom is 0.414 e. The van der Waals surface area contributed by atoms with Crippen molar-refractivity contribution in [2.24, 2.45) is 0 Å². The molecule has 148 valence electrons. The number of para-hydroxylation sites is 1. The summed E-state index contributed by atoms with van der Waals surface area (Å²) >= 11 is 0. The van der Waals surface area contributed by atoms with Gasteiger partial charge in [0.05, 0.1) is 31.5 Å². The Morgan fingerprint density at radius 1 is 1.29 bits per heavy atom. The van der Waals surface area contributed by atoms with E-state index in [1.807, 2.05) is 38.1 Å². The van der Waals surface area contributed by atoms with Crippen LogP contribution in [-0.2, 0) is 9.47 Å². The first-order chi connectivity index (χ1) is 13.6. The van der Waals surface area contributed by atoms with Crippen LogP contribution < -0.4 is 9.64 Å². The number of hydrogen-bond donors (Lipinski definition) is 0. The van der Waals surface area contributed by atoms with E-state index < -0.39 is 12.1 Å². The van der Waals surface area contributed by atoms with E-state index in [9.17, 15) is 9.59 Å². The molecular weight excluding hydrogens is 360 g/mol. The lowest BCUT2D eigenvalue weighted by atomic mass is 9.98. The maximum atomic E-state index is 12.5. The number of unbranched alkanes of at least 4 members (excludes halogenated alkanes) is 1. The fourth-order valence-electron chi connectivity index (χ4n) is 3.09. The van der Waals surface area contributed by atoms with Crippen molar-refractivity contribution in [3.63, 3.8) is 0 Å². The summed E-state index contributed by atoms with van der Waals surface area (Å²) in [5.74, 6) is 0.0590. The molecule has 3 rings (SSSR count). The standard InChI is InChI=1S/C21H24N2O5/c1-4-5-10-28-21(25)23-9-11-27-19-15(7-6-8-18(19)23)16-12-14(2)22-13-17(16)20(24)26-3/h6-8,12-13H,4-5,9-11H2,1-3H3. The molecular formula is C21H24N2O5. The Kier molecular flexibility index (Phi) is 6.13. The number of carbonyl (C=O) groups excluding carboxylic acids is 2. The molecule has 0 saturated heterocycles. The molecule has 0 aliphatic carbocycles. The smallest absolute Gasteiger partial charge is 0.414 e. The molecule has 0 saturated carbocycles. The molecule has 0 spiro atoms. The van der Waals surface area contributed by atoms with Crippen LogP contribution in [0.25, 0.3) is 11.1 Å². The van der Waals surface area contributed by atoms with Crippen LogP contribution in [0, 0.1) is 6.92 Å². The van der Waals surface area contributed by atoms with Gasteiger partial charge in [-0.25, -0.2) is 9.59 Å². The third-order valence-electron chi connectivity index (χ3n) is 4.53. The number of fused-ring (bicyclic) bond motifs is 1. The summed E-state index contributed by atoms with van der Waals surface area (Å²) in [5.41, 5.74) is 3.07. The van der Waals surface area contributed by atoms with Crippen molar-refractivity contribution in [3.05, 3.63) is 41.7 Å². The summed E-state index contributed by atoms with van der Waals surface area (Å²) in [6, 6.07) is 7.30. The van der Waals surface area contributed by atoms with Gasteiger partial charge in [0, 0.05) is 23.0 Å². The maximum absolute atomic E-state index is 12.5. The van der Waals surface area contributed by atoms with Crippen molar-refractivity contribution in [1.29, 1.82) is 0 Å². The molecule has 1 aliphatic rings. The quantitative estimate of drug-likeness (QED) is 0.573. The molecule has 7 nitrogen and oxygen atoms in total.